The maximum absolute atomic E-state index is 12.9. The van der Waals surface area contributed by atoms with Gasteiger partial charge in [-0.2, -0.15) is 0 Å². The molecule has 1 aliphatic rings. The number of thiazole rings is 1. The lowest BCUT2D eigenvalue weighted by Crippen LogP contribution is -2.37. The van der Waals surface area contributed by atoms with Crippen LogP contribution in [0.4, 0.5) is 0 Å². The lowest BCUT2D eigenvalue weighted by atomic mass is 10.1. The Morgan fingerprint density at radius 3 is 2.83 bits per heavy atom. The first-order chi connectivity index (χ1) is 11.1. The molecule has 3 rings (SSSR count). The summed E-state index contributed by atoms with van der Waals surface area (Å²) in [7, 11) is 0. The molecule has 1 atom stereocenters. The van der Waals surface area contributed by atoms with Gasteiger partial charge in [-0.25, -0.2) is 4.98 Å². The van der Waals surface area contributed by atoms with E-state index in [4.69, 9.17) is 16.3 Å². The molecule has 122 valence electrons. The third-order valence-corrected chi connectivity index (χ3v) is 5.00. The van der Waals surface area contributed by atoms with Crippen molar-refractivity contribution in [3.05, 3.63) is 50.9 Å². The summed E-state index contributed by atoms with van der Waals surface area (Å²) in [5.41, 5.74) is 1.55. The minimum atomic E-state index is -0.0787. The van der Waals surface area contributed by atoms with Gasteiger partial charge in [0, 0.05) is 24.6 Å². The molecule has 1 amide bonds. The minimum Gasteiger partial charge on any atom is -0.376 e. The molecule has 0 N–H and O–H groups in total. The molecule has 2 heterocycles. The van der Waals surface area contributed by atoms with E-state index < -0.39 is 0 Å². The highest BCUT2D eigenvalue weighted by atomic mass is 35.5. The van der Waals surface area contributed by atoms with Gasteiger partial charge in [-0.3, -0.25) is 4.79 Å². The van der Waals surface area contributed by atoms with Gasteiger partial charge in [-0.05, 0) is 25.3 Å². The fraction of sp³-hybridized carbons (Fsp3) is 0.412. The Hall–Kier alpha value is -1.43. The summed E-state index contributed by atoms with van der Waals surface area (Å²) in [6.07, 6.45) is 2.16. The lowest BCUT2D eigenvalue weighted by molar-refractivity contribution is 0.0503. The molecule has 1 fully saturated rings. The third kappa shape index (κ3) is 4.10. The summed E-state index contributed by atoms with van der Waals surface area (Å²) in [6, 6.07) is 9.98. The number of nitrogens with zero attached hydrogens (tertiary/aromatic N) is 2. The summed E-state index contributed by atoms with van der Waals surface area (Å²) < 4.78 is 6.11. The molecule has 1 saturated heterocycles. The molecule has 0 radical (unpaired) electrons. The van der Waals surface area contributed by atoms with Crippen molar-refractivity contribution < 1.29 is 9.53 Å². The summed E-state index contributed by atoms with van der Waals surface area (Å²) in [5, 5.41) is 0. The second kappa shape index (κ2) is 7.43. The van der Waals surface area contributed by atoms with E-state index >= 15 is 0 Å². The first-order valence-electron chi connectivity index (χ1n) is 7.71. The maximum Gasteiger partial charge on any atom is 0.274 e. The number of benzene rings is 1. The molecule has 4 nitrogen and oxygen atoms in total. The zero-order valence-electron chi connectivity index (χ0n) is 13.0. The van der Waals surface area contributed by atoms with Gasteiger partial charge in [0.05, 0.1) is 6.10 Å². The number of aromatic nitrogens is 1. The fourth-order valence-corrected chi connectivity index (χ4v) is 3.82. The van der Waals surface area contributed by atoms with E-state index in [9.17, 15) is 4.79 Å². The normalized spacial score (nSPS) is 17.4. The van der Waals surface area contributed by atoms with E-state index in [0.29, 0.717) is 23.3 Å². The number of aryl methyl sites for hydroxylation is 1. The zero-order chi connectivity index (χ0) is 16.2. The lowest BCUT2D eigenvalue weighted by Gasteiger charge is -2.25. The average Bonchev–Trinajstić information content (AvgIpc) is 3.16. The number of carbonyl (C=O) groups is 1. The van der Waals surface area contributed by atoms with Crippen LogP contribution in [0.25, 0.3) is 0 Å². The monoisotopic (exact) mass is 350 g/mol. The van der Waals surface area contributed by atoms with Crippen LogP contribution in [0.3, 0.4) is 0 Å². The van der Waals surface area contributed by atoms with Crippen LogP contribution in [-0.2, 0) is 11.3 Å². The Kier molecular flexibility index (Phi) is 5.30. The van der Waals surface area contributed by atoms with Crippen LogP contribution in [0, 0.1) is 6.92 Å². The van der Waals surface area contributed by atoms with Gasteiger partial charge in [0.1, 0.15) is 5.69 Å². The highest BCUT2D eigenvalue weighted by Gasteiger charge is 2.26. The fourth-order valence-electron chi connectivity index (χ4n) is 2.77. The van der Waals surface area contributed by atoms with Crippen molar-refractivity contribution in [2.24, 2.45) is 0 Å². The van der Waals surface area contributed by atoms with Gasteiger partial charge in [0.2, 0.25) is 0 Å². The Balaban J connectivity index is 1.81. The number of hydrogen-bond acceptors (Lipinski definition) is 4. The molecular formula is C17H19ClN2O2S. The van der Waals surface area contributed by atoms with E-state index in [-0.39, 0.29) is 12.0 Å². The second-order valence-corrected chi connectivity index (χ2v) is 7.46. The molecule has 0 spiro atoms. The molecule has 1 unspecified atom stereocenters. The molecule has 1 aromatic heterocycles. The van der Waals surface area contributed by atoms with Crippen molar-refractivity contribution >= 4 is 28.8 Å². The first kappa shape index (κ1) is 16.4. The Bertz CT molecular complexity index is 668. The van der Waals surface area contributed by atoms with Gasteiger partial charge >= 0.3 is 0 Å². The molecular weight excluding hydrogens is 332 g/mol. The largest absolute Gasteiger partial charge is 0.376 e. The van der Waals surface area contributed by atoms with E-state index in [2.05, 4.69) is 4.98 Å². The van der Waals surface area contributed by atoms with E-state index in [1.165, 1.54) is 11.3 Å². The smallest absolute Gasteiger partial charge is 0.274 e. The topological polar surface area (TPSA) is 42.4 Å². The maximum atomic E-state index is 12.9. The summed E-state index contributed by atoms with van der Waals surface area (Å²) >= 11 is 7.30. The van der Waals surface area contributed by atoms with Crippen LogP contribution >= 0.6 is 22.9 Å². The molecule has 0 bridgehead atoms. The average molecular weight is 351 g/mol. The van der Waals surface area contributed by atoms with Gasteiger partial charge in [0.25, 0.3) is 5.91 Å². The zero-order valence-corrected chi connectivity index (χ0v) is 14.6. The van der Waals surface area contributed by atoms with Crippen molar-refractivity contribution in [3.8, 4) is 0 Å². The minimum absolute atomic E-state index is 0.0787. The predicted octanol–water partition coefficient (Wildman–Crippen LogP) is 3.93. The Morgan fingerprint density at radius 2 is 2.22 bits per heavy atom. The van der Waals surface area contributed by atoms with Gasteiger partial charge < -0.3 is 9.64 Å². The van der Waals surface area contributed by atoms with Crippen molar-refractivity contribution in [2.75, 3.05) is 13.2 Å². The summed E-state index contributed by atoms with van der Waals surface area (Å²) in [6.45, 7) is 3.79. The van der Waals surface area contributed by atoms with E-state index in [1.807, 2.05) is 42.2 Å². The van der Waals surface area contributed by atoms with Crippen molar-refractivity contribution in [1.82, 2.24) is 9.88 Å². The van der Waals surface area contributed by atoms with Crippen LogP contribution in [0.15, 0.2) is 30.3 Å². The van der Waals surface area contributed by atoms with Crippen molar-refractivity contribution in [1.29, 1.82) is 0 Å². The molecule has 6 heteroatoms. The van der Waals surface area contributed by atoms with Gasteiger partial charge in [0.15, 0.2) is 4.47 Å². The molecule has 0 aliphatic carbocycles. The SMILES string of the molecule is Cc1sc(Cl)nc1C(=O)N(Cc1ccccc1)CC1CCCO1. The molecule has 0 saturated carbocycles. The number of amides is 1. The highest BCUT2D eigenvalue weighted by molar-refractivity contribution is 7.15. The van der Waals surface area contributed by atoms with Crippen LogP contribution in [0.2, 0.25) is 4.47 Å². The first-order valence-corrected chi connectivity index (χ1v) is 8.90. The summed E-state index contributed by atoms with van der Waals surface area (Å²) in [4.78, 5) is 19.8. The van der Waals surface area contributed by atoms with Crippen LogP contribution in [0.1, 0.15) is 33.8 Å². The van der Waals surface area contributed by atoms with Crippen LogP contribution in [-0.4, -0.2) is 35.0 Å². The summed E-state index contributed by atoms with van der Waals surface area (Å²) in [5.74, 6) is -0.0787. The molecule has 23 heavy (non-hydrogen) atoms. The van der Waals surface area contributed by atoms with Gasteiger partial charge in [-0.1, -0.05) is 41.9 Å². The number of ether oxygens (including phenoxy) is 1. The third-order valence-electron chi connectivity index (χ3n) is 3.92. The standard InChI is InChI=1S/C17H19ClN2O2S/c1-12-15(19-17(18)23-12)16(21)20(11-14-8-5-9-22-14)10-13-6-3-2-4-7-13/h2-4,6-7,14H,5,8-11H2,1H3. The van der Waals surface area contributed by atoms with Crippen molar-refractivity contribution in [3.63, 3.8) is 0 Å². The second-order valence-electron chi connectivity index (χ2n) is 5.68. The Labute approximate surface area is 145 Å². The van der Waals surface area contributed by atoms with Crippen LogP contribution in [0.5, 0.6) is 0 Å². The predicted molar refractivity (Wildman–Crippen MR) is 92.0 cm³/mol. The van der Waals surface area contributed by atoms with E-state index in [0.717, 1.165) is 29.9 Å². The number of halogens is 1. The molecule has 1 aliphatic heterocycles. The van der Waals surface area contributed by atoms with Crippen molar-refractivity contribution in [2.45, 2.75) is 32.4 Å². The van der Waals surface area contributed by atoms with E-state index in [1.54, 1.807) is 0 Å². The number of rotatable bonds is 5. The number of hydrogen-bond donors (Lipinski definition) is 0. The number of carbonyl (C=O) groups excluding carboxylic acids is 1. The quantitative estimate of drug-likeness (QED) is 0.820. The molecule has 1 aromatic carbocycles. The highest BCUT2D eigenvalue weighted by Crippen LogP contribution is 2.24. The van der Waals surface area contributed by atoms with Gasteiger partial charge in [-0.15, -0.1) is 11.3 Å². The Morgan fingerprint density at radius 1 is 1.43 bits per heavy atom. The van der Waals surface area contributed by atoms with Crippen LogP contribution < -0.4 is 0 Å². The molecule has 2 aromatic rings.